The van der Waals surface area contributed by atoms with Gasteiger partial charge in [0.25, 0.3) is 0 Å². The molecule has 1 saturated heterocycles. The molecular formula is C26H34N6O4. The molecule has 1 N–H and O–H groups in total. The summed E-state index contributed by atoms with van der Waals surface area (Å²) in [6.07, 6.45) is 10.8. The maximum Gasteiger partial charge on any atom is 0.223 e. The Labute approximate surface area is 211 Å². The van der Waals surface area contributed by atoms with Gasteiger partial charge < -0.3 is 29.2 Å². The minimum absolute atomic E-state index is 0.134. The van der Waals surface area contributed by atoms with E-state index in [9.17, 15) is 0 Å². The van der Waals surface area contributed by atoms with Crippen molar-refractivity contribution in [1.29, 1.82) is 0 Å². The van der Waals surface area contributed by atoms with Gasteiger partial charge in [0.2, 0.25) is 5.95 Å². The molecule has 0 radical (unpaired) electrons. The van der Waals surface area contributed by atoms with E-state index in [1.165, 1.54) is 0 Å². The number of benzene rings is 1. The molecule has 1 saturated carbocycles. The number of hydrogen-bond donors (Lipinski definition) is 1. The van der Waals surface area contributed by atoms with Crippen LogP contribution >= 0.6 is 0 Å². The third kappa shape index (κ3) is 6.30. The van der Waals surface area contributed by atoms with Crippen molar-refractivity contribution in [3.05, 3.63) is 36.9 Å². The van der Waals surface area contributed by atoms with E-state index in [0.717, 1.165) is 74.5 Å². The van der Waals surface area contributed by atoms with Crippen molar-refractivity contribution in [2.24, 2.45) is 0 Å². The molecule has 192 valence electrons. The van der Waals surface area contributed by atoms with E-state index in [4.69, 9.17) is 18.9 Å². The molecule has 3 aromatic rings. The highest BCUT2D eigenvalue weighted by molar-refractivity contribution is 5.85. The van der Waals surface area contributed by atoms with Crippen LogP contribution in [-0.2, 0) is 9.47 Å². The third-order valence-corrected chi connectivity index (χ3v) is 6.53. The van der Waals surface area contributed by atoms with Crippen LogP contribution in [0.4, 0.5) is 11.6 Å². The van der Waals surface area contributed by atoms with E-state index in [1.54, 1.807) is 24.8 Å². The van der Waals surface area contributed by atoms with Gasteiger partial charge in [-0.2, -0.15) is 0 Å². The van der Waals surface area contributed by atoms with Gasteiger partial charge in [0.1, 0.15) is 17.9 Å². The normalized spacial score (nSPS) is 20.3. The zero-order valence-corrected chi connectivity index (χ0v) is 20.8. The van der Waals surface area contributed by atoms with Crippen molar-refractivity contribution in [3.63, 3.8) is 0 Å². The first-order valence-electron chi connectivity index (χ1n) is 12.8. The summed E-state index contributed by atoms with van der Waals surface area (Å²) in [5.74, 6) is 2.07. The lowest BCUT2D eigenvalue weighted by Gasteiger charge is -2.31. The Bertz CT molecular complexity index is 1100. The smallest absolute Gasteiger partial charge is 0.223 e. The monoisotopic (exact) mass is 494 g/mol. The Morgan fingerprint density at radius 2 is 1.75 bits per heavy atom. The van der Waals surface area contributed by atoms with Crippen LogP contribution in [0.15, 0.2) is 36.9 Å². The van der Waals surface area contributed by atoms with Crippen molar-refractivity contribution in [2.75, 3.05) is 56.3 Å². The minimum Gasteiger partial charge on any atom is -0.488 e. The summed E-state index contributed by atoms with van der Waals surface area (Å²) in [4.78, 5) is 20.2. The minimum atomic E-state index is 0.134. The predicted molar refractivity (Wildman–Crippen MR) is 137 cm³/mol. The van der Waals surface area contributed by atoms with Crippen LogP contribution in [-0.4, -0.2) is 78.2 Å². The van der Waals surface area contributed by atoms with E-state index in [1.807, 2.05) is 6.92 Å². The first-order chi connectivity index (χ1) is 17.8. The number of hydrogen-bond acceptors (Lipinski definition) is 10. The van der Waals surface area contributed by atoms with Gasteiger partial charge in [0, 0.05) is 49.9 Å². The van der Waals surface area contributed by atoms with Crippen LogP contribution < -0.4 is 19.7 Å². The number of nitrogens with one attached hydrogen (secondary N) is 1. The molecule has 10 nitrogen and oxygen atoms in total. The molecule has 2 aliphatic rings. The van der Waals surface area contributed by atoms with Crippen LogP contribution in [0.5, 0.6) is 11.5 Å². The number of anilines is 2. The van der Waals surface area contributed by atoms with E-state index < -0.39 is 0 Å². The highest BCUT2D eigenvalue weighted by Gasteiger charge is 2.24. The van der Waals surface area contributed by atoms with Gasteiger partial charge in [-0.15, -0.1) is 0 Å². The Balaban J connectivity index is 1.16. The quantitative estimate of drug-likeness (QED) is 0.421. The molecule has 36 heavy (non-hydrogen) atoms. The lowest BCUT2D eigenvalue weighted by molar-refractivity contribution is 0.110. The summed E-state index contributed by atoms with van der Waals surface area (Å²) in [6, 6.07) is 4.51. The molecule has 0 atom stereocenters. The van der Waals surface area contributed by atoms with Crippen molar-refractivity contribution in [2.45, 2.75) is 44.8 Å². The maximum atomic E-state index is 6.52. The van der Waals surface area contributed by atoms with E-state index in [2.05, 4.69) is 42.3 Å². The van der Waals surface area contributed by atoms with Gasteiger partial charge in [0.15, 0.2) is 5.75 Å². The van der Waals surface area contributed by atoms with Crippen LogP contribution in [0.1, 0.15) is 32.6 Å². The Morgan fingerprint density at radius 1 is 0.972 bits per heavy atom. The zero-order valence-electron chi connectivity index (χ0n) is 20.8. The lowest BCUT2D eigenvalue weighted by Crippen LogP contribution is -2.36. The summed E-state index contributed by atoms with van der Waals surface area (Å²) in [6.45, 7) is 6.89. The second-order valence-corrected chi connectivity index (χ2v) is 8.99. The molecule has 5 rings (SSSR count). The maximum absolute atomic E-state index is 6.52. The fraction of sp³-hybridized carbons (Fsp3) is 0.538. The van der Waals surface area contributed by atoms with Crippen molar-refractivity contribution >= 4 is 22.7 Å². The van der Waals surface area contributed by atoms with E-state index in [0.29, 0.717) is 37.6 Å². The number of aromatic nitrogens is 4. The summed E-state index contributed by atoms with van der Waals surface area (Å²) in [5, 5.41) is 3.45. The van der Waals surface area contributed by atoms with Crippen LogP contribution in [0.3, 0.4) is 0 Å². The first-order valence-corrected chi connectivity index (χ1v) is 12.8. The lowest BCUT2D eigenvalue weighted by atomic mass is 9.93. The second-order valence-electron chi connectivity index (χ2n) is 8.99. The SMILES string of the molecule is CCOCCOc1cnc(N[C@H]2CC[C@@H](Oc3cc(N4CCOCC4)cc4nccnc34)CC2)nc1. The Hall–Kier alpha value is -3.24. The van der Waals surface area contributed by atoms with Gasteiger partial charge in [0.05, 0.1) is 43.8 Å². The molecule has 0 amide bonds. The highest BCUT2D eigenvalue weighted by atomic mass is 16.5. The zero-order chi connectivity index (χ0) is 24.6. The van der Waals surface area contributed by atoms with Crippen molar-refractivity contribution in [3.8, 4) is 11.5 Å². The molecule has 0 bridgehead atoms. The summed E-state index contributed by atoms with van der Waals surface area (Å²) < 4.78 is 22.9. The summed E-state index contributed by atoms with van der Waals surface area (Å²) in [7, 11) is 0. The van der Waals surface area contributed by atoms with E-state index >= 15 is 0 Å². The fourth-order valence-electron chi connectivity index (χ4n) is 4.64. The van der Waals surface area contributed by atoms with Gasteiger partial charge in [-0.05, 0) is 38.7 Å². The van der Waals surface area contributed by atoms with Crippen LogP contribution in [0, 0.1) is 0 Å². The molecule has 2 aromatic heterocycles. The second kappa shape index (κ2) is 12.1. The molecule has 3 heterocycles. The van der Waals surface area contributed by atoms with Gasteiger partial charge in [-0.25, -0.2) is 15.0 Å². The van der Waals surface area contributed by atoms with Gasteiger partial charge in [-0.1, -0.05) is 0 Å². The van der Waals surface area contributed by atoms with Gasteiger partial charge in [-0.3, -0.25) is 4.98 Å². The number of morpholine rings is 1. The van der Waals surface area contributed by atoms with Crippen molar-refractivity contribution < 1.29 is 18.9 Å². The summed E-state index contributed by atoms with van der Waals surface area (Å²) in [5.41, 5.74) is 2.78. The van der Waals surface area contributed by atoms with Gasteiger partial charge >= 0.3 is 0 Å². The summed E-state index contributed by atoms with van der Waals surface area (Å²) >= 11 is 0. The predicted octanol–water partition coefficient (Wildman–Crippen LogP) is 3.47. The topological polar surface area (TPSA) is 104 Å². The first kappa shape index (κ1) is 24.5. The highest BCUT2D eigenvalue weighted by Crippen LogP contribution is 2.33. The average Bonchev–Trinajstić information content (AvgIpc) is 2.93. The fourth-order valence-corrected chi connectivity index (χ4v) is 4.64. The molecule has 0 unspecified atom stereocenters. The molecule has 0 spiro atoms. The third-order valence-electron chi connectivity index (χ3n) is 6.53. The number of fused-ring (bicyclic) bond motifs is 1. The molecule has 10 heteroatoms. The molecule has 2 fully saturated rings. The van der Waals surface area contributed by atoms with Crippen LogP contribution in [0.25, 0.3) is 11.0 Å². The molecule has 1 aromatic carbocycles. The Kier molecular flexibility index (Phi) is 8.24. The number of nitrogens with zero attached hydrogens (tertiary/aromatic N) is 5. The molecule has 1 aliphatic carbocycles. The standard InChI is InChI=1S/C26H34N6O4/c1-2-33-13-14-35-22-17-29-26(30-18-22)31-19-3-5-21(6-4-19)36-24-16-20(32-9-11-34-12-10-32)15-23-25(24)28-8-7-27-23/h7-8,15-19,21H,2-6,9-14H2,1H3,(H,29,30,31)/t19-,21+. The number of rotatable bonds is 10. The largest absolute Gasteiger partial charge is 0.488 e. The van der Waals surface area contributed by atoms with Crippen molar-refractivity contribution in [1.82, 2.24) is 19.9 Å². The van der Waals surface area contributed by atoms with E-state index in [-0.39, 0.29) is 6.10 Å². The van der Waals surface area contributed by atoms with Crippen LogP contribution in [0.2, 0.25) is 0 Å². The molecular weight excluding hydrogens is 460 g/mol. The Morgan fingerprint density at radius 3 is 2.53 bits per heavy atom. The number of ether oxygens (including phenoxy) is 4. The average molecular weight is 495 g/mol. The molecule has 1 aliphatic heterocycles.